The zero-order valence-corrected chi connectivity index (χ0v) is 19.5. The van der Waals surface area contributed by atoms with Crippen LogP contribution < -0.4 is 10.2 Å². The van der Waals surface area contributed by atoms with Crippen molar-refractivity contribution in [3.63, 3.8) is 0 Å². The van der Waals surface area contributed by atoms with Crippen molar-refractivity contribution in [2.24, 2.45) is 0 Å². The van der Waals surface area contributed by atoms with E-state index in [-0.39, 0.29) is 12.3 Å². The second kappa shape index (κ2) is 9.81. The van der Waals surface area contributed by atoms with Crippen molar-refractivity contribution >= 4 is 40.2 Å². The highest BCUT2D eigenvalue weighted by Crippen LogP contribution is 2.27. The number of aryl methyl sites for hydroxylation is 1. The third-order valence-corrected chi connectivity index (χ3v) is 6.78. The summed E-state index contributed by atoms with van der Waals surface area (Å²) in [6.07, 6.45) is 0.247. The molecule has 3 aromatic rings. The molecule has 162 valence electrons. The van der Waals surface area contributed by atoms with Crippen molar-refractivity contribution in [2.45, 2.75) is 20.3 Å². The first kappa shape index (κ1) is 21.8. The van der Waals surface area contributed by atoms with E-state index in [1.165, 1.54) is 22.6 Å². The first-order valence-electron chi connectivity index (χ1n) is 10.6. The van der Waals surface area contributed by atoms with E-state index in [0.717, 1.165) is 54.7 Å². The van der Waals surface area contributed by atoms with Gasteiger partial charge in [0, 0.05) is 53.5 Å². The van der Waals surface area contributed by atoms with Crippen LogP contribution in [0.2, 0.25) is 5.02 Å². The van der Waals surface area contributed by atoms with E-state index in [2.05, 4.69) is 46.1 Å². The van der Waals surface area contributed by atoms with E-state index >= 15 is 0 Å². The Morgan fingerprint density at radius 2 is 1.97 bits per heavy atom. The molecule has 0 bridgehead atoms. The van der Waals surface area contributed by atoms with E-state index in [0.29, 0.717) is 5.02 Å². The molecule has 0 aliphatic carbocycles. The van der Waals surface area contributed by atoms with E-state index in [1.54, 1.807) is 0 Å². The highest BCUT2D eigenvalue weighted by molar-refractivity contribution is 7.13. The second-order valence-electron chi connectivity index (χ2n) is 7.80. The van der Waals surface area contributed by atoms with Gasteiger partial charge >= 0.3 is 0 Å². The molecule has 1 aliphatic heterocycles. The topological polar surface area (TPSA) is 48.5 Å². The molecule has 1 fully saturated rings. The number of nitrogens with zero attached hydrogens (tertiary/aromatic N) is 3. The van der Waals surface area contributed by atoms with Crippen molar-refractivity contribution in [3.05, 3.63) is 64.1 Å². The summed E-state index contributed by atoms with van der Waals surface area (Å²) < 4.78 is 0. The molecule has 0 saturated carbocycles. The summed E-state index contributed by atoms with van der Waals surface area (Å²) in [6.45, 7) is 9.70. The molecule has 31 heavy (non-hydrogen) atoms. The molecule has 1 saturated heterocycles. The monoisotopic (exact) mass is 454 g/mol. The lowest BCUT2D eigenvalue weighted by molar-refractivity contribution is -0.115. The average Bonchev–Trinajstić information content (AvgIpc) is 3.22. The summed E-state index contributed by atoms with van der Waals surface area (Å²) in [4.78, 5) is 22.1. The fourth-order valence-corrected chi connectivity index (χ4v) is 4.91. The van der Waals surface area contributed by atoms with Crippen LogP contribution in [-0.4, -0.2) is 48.5 Å². The third-order valence-electron chi connectivity index (χ3n) is 5.61. The van der Waals surface area contributed by atoms with Crippen LogP contribution in [-0.2, 0) is 11.2 Å². The molecule has 4 rings (SSSR count). The number of carbonyl (C=O) groups is 1. The standard InChI is InChI=1S/C24H27ClN4OS/c1-3-28-9-11-29(12-10-28)22-8-7-20(13-17(22)2)26-23(30)15-21-16-31-24(27-21)18-5-4-6-19(25)14-18/h4-8,13-14,16H,3,9-12,15H2,1-2H3,(H,26,30). The number of halogens is 1. The molecule has 5 nitrogen and oxygen atoms in total. The lowest BCUT2D eigenvalue weighted by Crippen LogP contribution is -2.46. The molecule has 2 heterocycles. The van der Waals surface area contributed by atoms with E-state index in [1.807, 2.05) is 35.7 Å². The second-order valence-corrected chi connectivity index (χ2v) is 9.10. The van der Waals surface area contributed by atoms with Crippen LogP contribution in [0.25, 0.3) is 10.6 Å². The molecule has 1 N–H and O–H groups in total. The van der Waals surface area contributed by atoms with Crippen LogP contribution in [0.1, 0.15) is 18.2 Å². The minimum absolute atomic E-state index is 0.0633. The van der Waals surface area contributed by atoms with Gasteiger partial charge in [0.05, 0.1) is 12.1 Å². The van der Waals surface area contributed by atoms with Crippen LogP contribution in [0.5, 0.6) is 0 Å². The third kappa shape index (κ3) is 5.45. The van der Waals surface area contributed by atoms with Crippen molar-refractivity contribution in [1.29, 1.82) is 0 Å². The summed E-state index contributed by atoms with van der Waals surface area (Å²) in [5.74, 6) is -0.0633. The van der Waals surface area contributed by atoms with Gasteiger partial charge in [0.1, 0.15) is 5.01 Å². The van der Waals surface area contributed by atoms with E-state index in [4.69, 9.17) is 11.6 Å². The number of hydrogen-bond donors (Lipinski definition) is 1. The number of piperazine rings is 1. The van der Waals surface area contributed by atoms with Crippen LogP contribution in [0.3, 0.4) is 0 Å². The maximum atomic E-state index is 12.6. The van der Waals surface area contributed by atoms with Crippen LogP contribution in [0.4, 0.5) is 11.4 Å². The lowest BCUT2D eigenvalue weighted by Gasteiger charge is -2.36. The maximum absolute atomic E-state index is 12.6. The quantitative estimate of drug-likeness (QED) is 0.563. The predicted molar refractivity (Wildman–Crippen MR) is 130 cm³/mol. The fraction of sp³-hybridized carbons (Fsp3) is 0.333. The van der Waals surface area contributed by atoms with Gasteiger partial charge in [0.25, 0.3) is 0 Å². The molecular weight excluding hydrogens is 428 g/mol. The summed E-state index contributed by atoms with van der Waals surface area (Å²) in [7, 11) is 0. The Bertz CT molecular complexity index is 1060. The number of thiazole rings is 1. The van der Waals surface area contributed by atoms with Gasteiger partial charge < -0.3 is 15.1 Å². The molecular formula is C24H27ClN4OS. The normalized spacial score (nSPS) is 14.6. The molecule has 0 atom stereocenters. The first-order chi connectivity index (χ1) is 15.0. The Morgan fingerprint density at radius 1 is 1.16 bits per heavy atom. The number of anilines is 2. The lowest BCUT2D eigenvalue weighted by atomic mass is 10.1. The van der Waals surface area contributed by atoms with Gasteiger partial charge in [-0.3, -0.25) is 4.79 Å². The number of carbonyl (C=O) groups excluding carboxylic acids is 1. The van der Waals surface area contributed by atoms with Crippen molar-refractivity contribution in [1.82, 2.24) is 9.88 Å². The van der Waals surface area contributed by atoms with Gasteiger partial charge in [-0.2, -0.15) is 0 Å². The summed E-state index contributed by atoms with van der Waals surface area (Å²) >= 11 is 7.59. The van der Waals surface area contributed by atoms with Crippen molar-refractivity contribution in [3.8, 4) is 10.6 Å². The maximum Gasteiger partial charge on any atom is 0.230 e. The number of rotatable bonds is 6. The summed E-state index contributed by atoms with van der Waals surface area (Å²) in [5.41, 5.74) is 4.98. The fourth-order valence-electron chi connectivity index (χ4n) is 3.90. The summed E-state index contributed by atoms with van der Waals surface area (Å²) in [6, 6.07) is 13.8. The molecule has 0 radical (unpaired) electrons. The predicted octanol–water partition coefficient (Wildman–Crippen LogP) is 5.10. The Hall–Kier alpha value is -2.41. The Labute approximate surface area is 192 Å². The first-order valence-corrected chi connectivity index (χ1v) is 11.9. The van der Waals surface area contributed by atoms with Crippen LogP contribution >= 0.6 is 22.9 Å². The number of benzene rings is 2. The molecule has 2 aromatic carbocycles. The van der Waals surface area contributed by atoms with Gasteiger partial charge in [0.2, 0.25) is 5.91 Å². The number of amides is 1. The SMILES string of the molecule is CCN1CCN(c2ccc(NC(=O)Cc3csc(-c4cccc(Cl)c4)n3)cc2C)CC1. The zero-order chi connectivity index (χ0) is 21.8. The van der Waals surface area contributed by atoms with Crippen molar-refractivity contribution in [2.75, 3.05) is 42.9 Å². The molecule has 1 aliphatic rings. The Balaban J connectivity index is 1.36. The van der Waals surface area contributed by atoms with Crippen LogP contribution in [0, 0.1) is 6.92 Å². The zero-order valence-electron chi connectivity index (χ0n) is 17.9. The highest BCUT2D eigenvalue weighted by Gasteiger charge is 2.17. The number of aromatic nitrogens is 1. The highest BCUT2D eigenvalue weighted by atomic mass is 35.5. The van der Waals surface area contributed by atoms with Gasteiger partial charge in [-0.15, -0.1) is 11.3 Å². The molecule has 1 aromatic heterocycles. The molecule has 0 spiro atoms. The minimum Gasteiger partial charge on any atom is -0.369 e. The van der Waals surface area contributed by atoms with Gasteiger partial charge in [-0.05, 0) is 49.4 Å². The molecule has 7 heteroatoms. The van der Waals surface area contributed by atoms with Gasteiger partial charge in [-0.1, -0.05) is 30.7 Å². The Kier molecular flexibility index (Phi) is 6.90. The minimum atomic E-state index is -0.0633. The van der Waals surface area contributed by atoms with Gasteiger partial charge in [-0.25, -0.2) is 4.98 Å². The number of likely N-dealkylation sites (N-methyl/N-ethyl adjacent to an activating group) is 1. The van der Waals surface area contributed by atoms with E-state index < -0.39 is 0 Å². The number of nitrogens with one attached hydrogen (secondary N) is 1. The average molecular weight is 455 g/mol. The largest absolute Gasteiger partial charge is 0.369 e. The van der Waals surface area contributed by atoms with E-state index in [9.17, 15) is 4.79 Å². The summed E-state index contributed by atoms with van der Waals surface area (Å²) in [5, 5.41) is 6.49. The Morgan fingerprint density at radius 3 is 2.68 bits per heavy atom. The molecule has 1 amide bonds. The van der Waals surface area contributed by atoms with Crippen molar-refractivity contribution < 1.29 is 4.79 Å². The smallest absolute Gasteiger partial charge is 0.230 e. The van der Waals surface area contributed by atoms with Gasteiger partial charge in [0.15, 0.2) is 0 Å². The van der Waals surface area contributed by atoms with Crippen LogP contribution in [0.15, 0.2) is 47.8 Å². The number of hydrogen-bond acceptors (Lipinski definition) is 5. The molecule has 0 unspecified atom stereocenters.